The average molecular weight is 379 g/mol. The summed E-state index contributed by atoms with van der Waals surface area (Å²) in [6, 6.07) is 5.11. The van der Waals surface area contributed by atoms with Crippen LogP contribution in [0.4, 0.5) is 5.69 Å². The van der Waals surface area contributed by atoms with E-state index in [-0.39, 0.29) is 18.2 Å². The highest BCUT2D eigenvalue weighted by molar-refractivity contribution is 8.15. The smallest absolute Gasteiger partial charge is 0.262 e. The van der Waals surface area contributed by atoms with Gasteiger partial charge in [0, 0.05) is 31.3 Å². The summed E-state index contributed by atoms with van der Waals surface area (Å²) < 4.78 is 15.7. The molecule has 0 radical (unpaired) electrons. The number of carbonyl (C=O) groups excluding carboxylic acids is 2. The molecule has 0 bridgehead atoms. The van der Waals surface area contributed by atoms with Crippen molar-refractivity contribution in [3.8, 4) is 11.5 Å². The molecule has 1 N–H and O–H groups in total. The Morgan fingerprint density at radius 3 is 2.73 bits per heavy atom. The molecule has 0 aliphatic carbocycles. The maximum atomic E-state index is 12.3. The van der Waals surface area contributed by atoms with Crippen LogP contribution in [0, 0.1) is 0 Å². The summed E-state index contributed by atoms with van der Waals surface area (Å²) in [5.41, 5.74) is 0.581. The van der Waals surface area contributed by atoms with E-state index in [1.54, 1.807) is 25.3 Å². The monoisotopic (exact) mass is 379 g/mol. The fourth-order valence-corrected chi connectivity index (χ4v) is 3.81. The number of ether oxygens (including phenoxy) is 3. The lowest BCUT2D eigenvalue weighted by molar-refractivity contribution is -0.121. The number of anilines is 1. The predicted octanol–water partition coefficient (Wildman–Crippen LogP) is 1.36. The number of morpholine rings is 1. The lowest BCUT2D eigenvalue weighted by Gasteiger charge is -2.27. The second-order valence-electron chi connectivity index (χ2n) is 5.76. The summed E-state index contributed by atoms with van der Waals surface area (Å²) in [5, 5.41) is 2.98. The zero-order valence-electron chi connectivity index (χ0n) is 14.7. The first kappa shape index (κ1) is 18.5. The Bertz CT molecular complexity index is 718. The number of thioether (sulfide) groups is 1. The molecule has 0 spiro atoms. The van der Waals surface area contributed by atoms with Gasteiger partial charge in [-0.15, -0.1) is 0 Å². The summed E-state index contributed by atoms with van der Waals surface area (Å²) in [5.74, 6) is 0.589. The second kappa shape index (κ2) is 8.41. The molecule has 140 valence electrons. The van der Waals surface area contributed by atoms with Crippen LogP contribution in [-0.2, 0) is 14.3 Å². The number of hydrogen-bond acceptors (Lipinski definition) is 7. The van der Waals surface area contributed by atoms with Crippen LogP contribution in [0.25, 0.3) is 0 Å². The van der Waals surface area contributed by atoms with E-state index in [1.165, 1.54) is 18.9 Å². The summed E-state index contributed by atoms with van der Waals surface area (Å²) in [6.07, 6.45) is 0.0647. The molecule has 0 saturated carbocycles. The molecule has 2 heterocycles. The van der Waals surface area contributed by atoms with E-state index in [0.717, 1.165) is 0 Å². The van der Waals surface area contributed by atoms with Crippen LogP contribution in [0.1, 0.15) is 6.42 Å². The fraction of sp³-hybridized carbons (Fsp3) is 0.471. The Morgan fingerprint density at radius 1 is 1.31 bits per heavy atom. The minimum absolute atomic E-state index is 0.0647. The van der Waals surface area contributed by atoms with E-state index >= 15 is 0 Å². The molecule has 1 saturated heterocycles. The summed E-state index contributed by atoms with van der Waals surface area (Å²) in [6.45, 7) is 2.67. The normalized spacial score (nSPS) is 19.9. The molecule has 1 fully saturated rings. The maximum Gasteiger partial charge on any atom is 0.262 e. The number of carbonyl (C=O) groups is 2. The zero-order valence-corrected chi connectivity index (χ0v) is 15.5. The van der Waals surface area contributed by atoms with Crippen molar-refractivity contribution >= 4 is 34.4 Å². The van der Waals surface area contributed by atoms with Crippen molar-refractivity contribution in [3.05, 3.63) is 18.2 Å². The molecule has 0 unspecified atom stereocenters. The fourth-order valence-electron chi connectivity index (χ4n) is 2.69. The molecule has 1 aromatic rings. The molecule has 3 rings (SSSR count). The molecule has 0 aromatic heterocycles. The van der Waals surface area contributed by atoms with E-state index in [2.05, 4.69) is 10.3 Å². The zero-order chi connectivity index (χ0) is 18.5. The van der Waals surface area contributed by atoms with Gasteiger partial charge in [-0.25, -0.2) is 0 Å². The van der Waals surface area contributed by atoms with Gasteiger partial charge in [0.25, 0.3) is 5.91 Å². The lowest BCUT2D eigenvalue weighted by Crippen LogP contribution is -2.39. The predicted molar refractivity (Wildman–Crippen MR) is 99.0 cm³/mol. The molecule has 2 amide bonds. The van der Waals surface area contributed by atoms with Gasteiger partial charge in [0.15, 0.2) is 16.7 Å². The molecule has 1 atom stereocenters. The third-order valence-electron chi connectivity index (χ3n) is 4.05. The van der Waals surface area contributed by atoms with Crippen LogP contribution in [0.15, 0.2) is 23.2 Å². The Labute approximate surface area is 155 Å². The topological polar surface area (TPSA) is 89.5 Å². The Kier molecular flexibility index (Phi) is 6.00. The first-order valence-electron chi connectivity index (χ1n) is 8.24. The number of amides is 2. The third kappa shape index (κ3) is 4.28. The summed E-state index contributed by atoms with van der Waals surface area (Å²) in [4.78, 5) is 30.6. The number of rotatable bonds is 5. The van der Waals surface area contributed by atoms with E-state index in [1.807, 2.05) is 4.90 Å². The average Bonchev–Trinajstić information content (AvgIpc) is 3.02. The highest BCUT2D eigenvalue weighted by Gasteiger charge is 2.33. The van der Waals surface area contributed by atoms with Crippen molar-refractivity contribution in [2.45, 2.75) is 11.7 Å². The van der Waals surface area contributed by atoms with Gasteiger partial charge in [0.2, 0.25) is 5.91 Å². The molecular weight excluding hydrogens is 358 g/mol. The number of nitrogens with zero attached hydrogens (tertiary/aromatic N) is 2. The lowest BCUT2D eigenvalue weighted by atomic mass is 10.2. The van der Waals surface area contributed by atoms with Gasteiger partial charge in [-0.1, -0.05) is 11.8 Å². The first-order chi connectivity index (χ1) is 12.6. The van der Waals surface area contributed by atoms with Crippen molar-refractivity contribution in [2.24, 2.45) is 4.99 Å². The van der Waals surface area contributed by atoms with Gasteiger partial charge < -0.3 is 24.4 Å². The van der Waals surface area contributed by atoms with Crippen LogP contribution in [0.3, 0.4) is 0 Å². The van der Waals surface area contributed by atoms with Gasteiger partial charge in [0.1, 0.15) is 5.25 Å². The highest BCUT2D eigenvalue weighted by Crippen LogP contribution is 2.31. The van der Waals surface area contributed by atoms with E-state index in [9.17, 15) is 9.59 Å². The molecule has 2 aliphatic rings. The Balaban J connectivity index is 1.56. The molecule has 9 heteroatoms. The number of methoxy groups -OCH3 is 2. The van der Waals surface area contributed by atoms with Crippen molar-refractivity contribution < 1.29 is 23.8 Å². The molecule has 8 nitrogen and oxygen atoms in total. The molecule has 2 aliphatic heterocycles. The van der Waals surface area contributed by atoms with Crippen LogP contribution in [0.2, 0.25) is 0 Å². The third-order valence-corrected chi connectivity index (χ3v) is 5.26. The number of hydrogen-bond donors (Lipinski definition) is 1. The minimum Gasteiger partial charge on any atom is -0.493 e. The number of nitrogens with one attached hydrogen (secondary N) is 1. The number of benzene rings is 1. The van der Waals surface area contributed by atoms with Crippen molar-refractivity contribution in [1.82, 2.24) is 4.90 Å². The van der Waals surface area contributed by atoms with Gasteiger partial charge >= 0.3 is 0 Å². The van der Waals surface area contributed by atoms with E-state index in [4.69, 9.17) is 14.2 Å². The minimum atomic E-state index is -0.493. The molecule has 1 aromatic carbocycles. The Morgan fingerprint density at radius 2 is 2.04 bits per heavy atom. The standard InChI is InChI=1S/C17H21N3O5S/c1-23-12-4-3-11(9-13(12)24-2)18-15(21)10-14-16(22)19-17(26-14)20-5-7-25-8-6-20/h3-4,9,14H,5-8,10H2,1-2H3,(H,18,21)/t14-/m1/s1. The quantitative estimate of drug-likeness (QED) is 0.826. The molecule has 26 heavy (non-hydrogen) atoms. The first-order valence-corrected chi connectivity index (χ1v) is 9.12. The van der Waals surface area contributed by atoms with Gasteiger partial charge in [-0.3, -0.25) is 9.59 Å². The van der Waals surface area contributed by atoms with E-state index in [0.29, 0.717) is 48.7 Å². The van der Waals surface area contributed by atoms with E-state index < -0.39 is 5.25 Å². The van der Waals surface area contributed by atoms with Gasteiger partial charge in [0.05, 0.1) is 27.4 Å². The second-order valence-corrected chi connectivity index (χ2v) is 6.93. The maximum absolute atomic E-state index is 12.3. The summed E-state index contributed by atoms with van der Waals surface area (Å²) in [7, 11) is 3.08. The summed E-state index contributed by atoms with van der Waals surface area (Å²) >= 11 is 1.34. The van der Waals surface area contributed by atoms with Gasteiger partial charge in [-0.05, 0) is 12.1 Å². The highest BCUT2D eigenvalue weighted by atomic mass is 32.2. The van der Waals surface area contributed by atoms with Crippen molar-refractivity contribution in [1.29, 1.82) is 0 Å². The van der Waals surface area contributed by atoms with Crippen LogP contribution in [0.5, 0.6) is 11.5 Å². The Hall–Kier alpha value is -2.26. The number of amidine groups is 1. The SMILES string of the molecule is COc1ccc(NC(=O)C[C@H]2SC(N3CCOCC3)=NC2=O)cc1OC. The van der Waals surface area contributed by atoms with Crippen molar-refractivity contribution in [2.75, 3.05) is 45.8 Å². The number of aliphatic imine (C=N–C) groups is 1. The van der Waals surface area contributed by atoms with Crippen LogP contribution >= 0.6 is 11.8 Å². The van der Waals surface area contributed by atoms with Crippen molar-refractivity contribution in [3.63, 3.8) is 0 Å². The van der Waals surface area contributed by atoms with Gasteiger partial charge in [-0.2, -0.15) is 4.99 Å². The molecular formula is C17H21N3O5S. The van der Waals surface area contributed by atoms with Crippen LogP contribution in [-0.4, -0.2) is 67.7 Å². The largest absolute Gasteiger partial charge is 0.493 e. The van der Waals surface area contributed by atoms with Crippen LogP contribution < -0.4 is 14.8 Å².